The van der Waals surface area contributed by atoms with Gasteiger partial charge in [0.1, 0.15) is 11.6 Å². The zero-order valence-corrected chi connectivity index (χ0v) is 9.34. The molecule has 17 heavy (non-hydrogen) atoms. The standard InChI is InChI=1S/C13H7ClF2O/c14-10-3-1-2-8(4-10)13-9(7-17)5-11(15)6-12(13)16/h1-7H. The molecule has 0 amide bonds. The summed E-state index contributed by atoms with van der Waals surface area (Å²) in [6, 6.07) is 8.12. The van der Waals surface area contributed by atoms with Crippen LogP contribution in [-0.4, -0.2) is 6.29 Å². The SMILES string of the molecule is O=Cc1cc(F)cc(F)c1-c1cccc(Cl)c1. The number of aldehydes is 1. The van der Waals surface area contributed by atoms with Crippen molar-refractivity contribution in [3.63, 3.8) is 0 Å². The van der Waals surface area contributed by atoms with Crippen molar-refractivity contribution >= 4 is 17.9 Å². The fourth-order valence-electron chi connectivity index (χ4n) is 1.63. The van der Waals surface area contributed by atoms with Crippen LogP contribution in [-0.2, 0) is 0 Å². The second-order valence-electron chi connectivity index (χ2n) is 3.48. The summed E-state index contributed by atoms with van der Waals surface area (Å²) in [6.07, 6.45) is 0.419. The van der Waals surface area contributed by atoms with Gasteiger partial charge in [0, 0.05) is 22.2 Å². The molecule has 0 N–H and O–H groups in total. The Hall–Kier alpha value is -1.74. The first kappa shape index (κ1) is 11.7. The van der Waals surface area contributed by atoms with Crippen molar-refractivity contribution in [1.29, 1.82) is 0 Å². The van der Waals surface area contributed by atoms with Crippen LogP contribution in [0.15, 0.2) is 36.4 Å². The van der Waals surface area contributed by atoms with Crippen LogP contribution in [0.4, 0.5) is 8.78 Å². The molecule has 0 bridgehead atoms. The Labute approximate surface area is 102 Å². The van der Waals surface area contributed by atoms with Gasteiger partial charge in [-0.15, -0.1) is 0 Å². The number of hydrogen-bond acceptors (Lipinski definition) is 1. The third-order valence-corrected chi connectivity index (χ3v) is 2.56. The highest BCUT2D eigenvalue weighted by molar-refractivity contribution is 6.30. The van der Waals surface area contributed by atoms with E-state index in [-0.39, 0.29) is 11.1 Å². The van der Waals surface area contributed by atoms with Gasteiger partial charge in [0.15, 0.2) is 6.29 Å². The zero-order chi connectivity index (χ0) is 12.4. The molecule has 0 aliphatic heterocycles. The monoisotopic (exact) mass is 252 g/mol. The van der Waals surface area contributed by atoms with Gasteiger partial charge in [-0.25, -0.2) is 8.78 Å². The molecule has 0 radical (unpaired) electrons. The van der Waals surface area contributed by atoms with Crippen LogP contribution < -0.4 is 0 Å². The van der Waals surface area contributed by atoms with E-state index in [9.17, 15) is 13.6 Å². The molecule has 0 aliphatic carbocycles. The van der Waals surface area contributed by atoms with E-state index in [2.05, 4.69) is 0 Å². The summed E-state index contributed by atoms with van der Waals surface area (Å²) in [6.45, 7) is 0. The molecule has 0 aliphatic rings. The van der Waals surface area contributed by atoms with Gasteiger partial charge in [-0.2, -0.15) is 0 Å². The van der Waals surface area contributed by atoms with Crippen LogP contribution in [0.5, 0.6) is 0 Å². The Morgan fingerprint density at radius 3 is 2.53 bits per heavy atom. The zero-order valence-electron chi connectivity index (χ0n) is 8.58. The fourth-order valence-corrected chi connectivity index (χ4v) is 1.83. The maximum absolute atomic E-state index is 13.7. The largest absolute Gasteiger partial charge is 0.298 e. The van der Waals surface area contributed by atoms with E-state index in [1.807, 2.05) is 0 Å². The van der Waals surface area contributed by atoms with Crippen LogP contribution in [0.2, 0.25) is 5.02 Å². The van der Waals surface area contributed by atoms with Crippen LogP contribution in [0.3, 0.4) is 0 Å². The van der Waals surface area contributed by atoms with Crippen molar-refractivity contribution in [2.45, 2.75) is 0 Å². The summed E-state index contributed by atoms with van der Waals surface area (Å²) in [4.78, 5) is 10.8. The lowest BCUT2D eigenvalue weighted by Crippen LogP contribution is -1.94. The van der Waals surface area contributed by atoms with E-state index in [0.29, 0.717) is 16.9 Å². The van der Waals surface area contributed by atoms with Crippen LogP contribution in [0.25, 0.3) is 11.1 Å². The Kier molecular flexibility index (Phi) is 3.20. The van der Waals surface area contributed by atoms with E-state index in [0.717, 1.165) is 12.1 Å². The first-order valence-corrected chi connectivity index (χ1v) is 5.20. The van der Waals surface area contributed by atoms with E-state index < -0.39 is 11.6 Å². The van der Waals surface area contributed by atoms with Gasteiger partial charge >= 0.3 is 0 Å². The number of benzene rings is 2. The maximum Gasteiger partial charge on any atom is 0.150 e. The molecule has 86 valence electrons. The number of hydrogen-bond donors (Lipinski definition) is 0. The van der Waals surface area contributed by atoms with Gasteiger partial charge in [-0.3, -0.25) is 4.79 Å². The minimum atomic E-state index is -0.783. The lowest BCUT2D eigenvalue weighted by molar-refractivity contribution is 0.112. The average molecular weight is 253 g/mol. The molecule has 0 fully saturated rings. The molecule has 2 aromatic rings. The van der Waals surface area contributed by atoms with E-state index >= 15 is 0 Å². The summed E-state index contributed by atoms with van der Waals surface area (Å²) in [7, 11) is 0. The highest BCUT2D eigenvalue weighted by Gasteiger charge is 2.13. The van der Waals surface area contributed by atoms with Crippen molar-refractivity contribution < 1.29 is 13.6 Å². The third kappa shape index (κ3) is 2.34. The molecule has 4 heteroatoms. The van der Waals surface area contributed by atoms with Crippen molar-refractivity contribution in [2.24, 2.45) is 0 Å². The summed E-state index contributed by atoms with van der Waals surface area (Å²) in [5.41, 5.74) is 0.464. The molecule has 0 aromatic heterocycles. The molecule has 0 atom stereocenters. The summed E-state index contributed by atoms with van der Waals surface area (Å²) >= 11 is 5.79. The molecule has 0 spiro atoms. The summed E-state index contributed by atoms with van der Waals surface area (Å²) in [5.74, 6) is -1.57. The van der Waals surface area contributed by atoms with Gasteiger partial charge in [0.2, 0.25) is 0 Å². The molecule has 0 saturated heterocycles. The second kappa shape index (κ2) is 4.63. The molecule has 2 aromatic carbocycles. The van der Waals surface area contributed by atoms with Gasteiger partial charge < -0.3 is 0 Å². The van der Waals surface area contributed by atoms with Crippen LogP contribution in [0, 0.1) is 11.6 Å². The highest BCUT2D eigenvalue weighted by atomic mass is 35.5. The number of halogens is 3. The van der Waals surface area contributed by atoms with Gasteiger partial charge in [-0.1, -0.05) is 23.7 Å². The fraction of sp³-hybridized carbons (Fsp3) is 0. The smallest absolute Gasteiger partial charge is 0.150 e. The molecule has 0 unspecified atom stereocenters. The van der Waals surface area contributed by atoms with Crippen molar-refractivity contribution in [1.82, 2.24) is 0 Å². The van der Waals surface area contributed by atoms with Crippen molar-refractivity contribution in [2.75, 3.05) is 0 Å². The Morgan fingerprint density at radius 1 is 1.12 bits per heavy atom. The maximum atomic E-state index is 13.7. The Bertz CT molecular complexity index is 582. The van der Waals surface area contributed by atoms with Gasteiger partial charge in [0.05, 0.1) is 0 Å². The molecular weight excluding hydrogens is 246 g/mol. The summed E-state index contributed by atoms with van der Waals surface area (Å²) in [5, 5.41) is 0.420. The minimum Gasteiger partial charge on any atom is -0.298 e. The lowest BCUT2D eigenvalue weighted by atomic mass is 9.99. The molecule has 0 heterocycles. The predicted octanol–water partition coefficient (Wildman–Crippen LogP) is 4.10. The Morgan fingerprint density at radius 2 is 1.88 bits per heavy atom. The topological polar surface area (TPSA) is 17.1 Å². The molecular formula is C13H7ClF2O. The molecule has 2 rings (SSSR count). The van der Waals surface area contributed by atoms with Crippen molar-refractivity contribution in [3.05, 3.63) is 58.6 Å². The van der Waals surface area contributed by atoms with Crippen LogP contribution in [0.1, 0.15) is 10.4 Å². The first-order valence-electron chi connectivity index (χ1n) is 4.82. The van der Waals surface area contributed by atoms with E-state index in [1.165, 1.54) is 6.07 Å². The Balaban J connectivity index is 2.70. The summed E-state index contributed by atoms with van der Waals surface area (Å²) < 4.78 is 26.6. The third-order valence-electron chi connectivity index (χ3n) is 2.33. The number of carbonyl (C=O) groups excluding carboxylic acids is 1. The second-order valence-corrected chi connectivity index (χ2v) is 3.92. The predicted molar refractivity (Wildman–Crippen MR) is 62.2 cm³/mol. The van der Waals surface area contributed by atoms with E-state index in [1.54, 1.807) is 18.2 Å². The van der Waals surface area contributed by atoms with Gasteiger partial charge in [0.25, 0.3) is 0 Å². The number of rotatable bonds is 2. The van der Waals surface area contributed by atoms with Crippen molar-refractivity contribution in [3.8, 4) is 11.1 Å². The lowest BCUT2D eigenvalue weighted by Gasteiger charge is -2.07. The molecule has 1 nitrogen and oxygen atoms in total. The van der Waals surface area contributed by atoms with E-state index in [4.69, 9.17) is 11.6 Å². The minimum absolute atomic E-state index is 0.0373. The quantitative estimate of drug-likeness (QED) is 0.736. The molecule has 0 saturated carbocycles. The first-order chi connectivity index (χ1) is 8.11. The normalized spacial score (nSPS) is 10.3. The average Bonchev–Trinajstić information content (AvgIpc) is 2.27. The van der Waals surface area contributed by atoms with Gasteiger partial charge in [-0.05, 0) is 23.8 Å². The number of carbonyl (C=O) groups is 1. The highest BCUT2D eigenvalue weighted by Crippen LogP contribution is 2.28. The van der Waals surface area contributed by atoms with Crippen LogP contribution >= 0.6 is 11.6 Å².